The Morgan fingerprint density at radius 1 is 1.05 bits per heavy atom. The predicted molar refractivity (Wildman–Crippen MR) is 78.4 cm³/mol. The van der Waals surface area contributed by atoms with Crippen LogP contribution in [0.1, 0.15) is 15.9 Å². The highest BCUT2D eigenvalue weighted by molar-refractivity contribution is 5.93. The average Bonchev–Trinajstić information content (AvgIpc) is 2.54. The van der Waals surface area contributed by atoms with Crippen LogP contribution in [0.3, 0.4) is 0 Å². The van der Waals surface area contributed by atoms with Crippen molar-refractivity contribution >= 4 is 5.97 Å². The molecular weight excluding hydrogens is 288 g/mol. The van der Waals surface area contributed by atoms with E-state index >= 15 is 0 Å². The normalized spacial score (nSPS) is 10.1. The van der Waals surface area contributed by atoms with Gasteiger partial charge in [-0.25, -0.2) is 4.79 Å². The molecule has 0 aliphatic carbocycles. The first-order chi connectivity index (χ1) is 10.5. The second-order valence-electron chi connectivity index (χ2n) is 4.47. The second-order valence-corrected chi connectivity index (χ2v) is 4.47. The molecule has 0 aliphatic heterocycles. The summed E-state index contributed by atoms with van der Waals surface area (Å²) in [5.74, 6) is -0.473. The van der Waals surface area contributed by atoms with Gasteiger partial charge >= 0.3 is 5.97 Å². The molecule has 0 spiro atoms. The first-order valence-corrected chi connectivity index (χ1v) is 6.45. The number of phenols is 2. The molecule has 0 saturated carbocycles. The van der Waals surface area contributed by atoms with Gasteiger partial charge in [-0.15, -0.1) is 0 Å². The summed E-state index contributed by atoms with van der Waals surface area (Å²) in [5.41, 5.74) is 0.569. The molecule has 0 saturated heterocycles. The maximum absolute atomic E-state index is 11.9. The number of phenolic OH excluding ortho intramolecular Hbond substituents is 2. The Morgan fingerprint density at radius 3 is 2.27 bits per heavy atom. The minimum absolute atomic E-state index is 0.0263. The van der Waals surface area contributed by atoms with E-state index in [0.29, 0.717) is 17.1 Å². The topological polar surface area (TPSA) is 85.2 Å². The first kappa shape index (κ1) is 15.5. The fraction of sp³-hybridized carbons (Fsp3) is 0.188. The third kappa shape index (κ3) is 3.41. The van der Waals surface area contributed by atoms with E-state index in [4.69, 9.17) is 14.2 Å². The molecule has 2 aromatic carbocycles. The summed E-state index contributed by atoms with van der Waals surface area (Å²) >= 11 is 0. The van der Waals surface area contributed by atoms with Gasteiger partial charge in [0.15, 0.2) is 11.5 Å². The molecular formula is C16H16O6. The number of hydrogen-bond donors (Lipinski definition) is 2. The van der Waals surface area contributed by atoms with Crippen molar-refractivity contribution in [1.82, 2.24) is 0 Å². The Hall–Kier alpha value is -2.89. The fourth-order valence-corrected chi connectivity index (χ4v) is 1.87. The molecule has 22 heavy (non-hydrogen) atoms. The van der Waals surface area contributed by atoms with E-state index in [1.165, 1.54) is 32.4 Å². The van der Waals surface area contributed by atoms with Crippen LogP contribution in [0.5, 0.6) is 23.0 Å². The maximum Gasteiger partial charge on any atom is 0.342 e. The van der Waals surface area contributed by atoms with Crippen molar-refractivity contribution in [2.75, 3.05) is 14.2 Å². The van der Waals surface area contributed by atoms with E-state index in [2.05, 4.69) is 0 Å². The molecule has 0 aliphatic rings. The molecule has 0 atom stereocenters. The Balaban J connectivity index is 2.12. The van der Waals surface area contributed by atoms with E-state index in [-0.39, 0.29) is 17.9 Å². The van der Waals surface area contributed by atoms with Crippen molar-refractivity contribution in [2.45, 2.75) is 6.61 Å². The predicted octanol–water partition coefficient (Wildman–Crippen LogP) is 2.47. The van der Waals surface area contributed by atoms with E-state index < -0.39 is 11.7 Å². The Labute approximate surface area is 127 Å². The average molecular weight is 304 g/mol. The number of carbonyl (C=O) groups excluding carboxylic acids is 1. The lowest BCUT2D eigenvalue weighted by molar-refractivity contribution is 0.0468. The summed E-state index contributed by atoms with van der Waals surface area (Å²) in [6.45, 7) is -0.0263. The molecule has 6 nitrogen and oxygen atoms in total. The molecule has 2 aromatic rings. The zero-order valence-corrected chi connectivity index (χ0v) is 12.2. The Bertz CT molecular complexity index is 658. The highest BCUT2D eigenvalue weighted by Crippen LogP contribution is 2.29. The number of carbonyl (C=O) groups is 1. The van der Waals surface area contributed by atoms with Gasteiger partial charge in [0.05, 0.1) is 14.2 Å². The Kier molecular flexibility index (Phi) is 4.73. The van der Waals surface area contributed by atoms with Gasteiger partial charge in [-0.1, -0.05) is 6.07 Å². The van der Waals surface area contributed by atoms with Crippen LogP contribution >= 0.6 is 0 Å². The van der Waals surface area contributed by atoms with Crippen molar-refractivity contribution in [3.05, 3.63) is 47.5 Å². The largest absolute Gasteiger partial charge is 0.504 e. The van der Waals surface area contributed by atoms with Gasteiger partial charge in [0, 0.05) is 6.07 Å². The van der Waals surface area contributed by atoms with Crippen molar-refractivity contribution in [3.8, 4) is 23.0 Å². The van der Waals surface area contributed by atoms with Crippen LogP contribution in [0.2, 0.25) is 0 Å². The number of aromatic hydroxyl groups is 2. The number of para-hydroxylation sites is 1. The van der Waals surface area contributed by atoms with E-state index in [9.17, 15) is 15.0 Å². The molecule has 0 bridgehead atoms. The van der Waals surface area contributed by atoms with Crippen molar-refractivity contribution in [2.24, 2.45) is 0 Å². The molecule has 0 radical (unpaired) electrons. The smallest absolute Gasteiger partial charge is 0.342 e. The van der Waals surface area contributed by atoms with E-state index in [1.807, 2.05) is 0 Å². The van der Waals surface area contributed by atoms with E-state index in [0.717, 1.165) is 0 Å². The minimum Gasteiger partial charge on any atom is -0.504 e. The minimum atomic E-state index is -0.741. The maximum atomic E-state index is 11.9. The zero-order chi connectivity index (χ0) is 16.1. The first-order valence-electron chi connectivity index (χ1n) is 6.45. The van der Waals surface area contributed by atoms with Gasteiger partial charge in [-0.3, -0.25) is 0 Å². The lowest BCUT2D eigenvalue weighted by Crippen LogP contribution is -2.06. The molecule has 6 heteroatoms. The third-order valence-corrected chi connectivity index (χ3v) is 3.02. The fourth-order valence-electron chi connectivity index (χ4n) is 1.87. The van der Waals surface area contributed by atoms with Gasteiger partial charge in [0.25, 0.3) is 0 Å². The second kappa shape index (κ2) is 6.71. The van der Waals surface area contributed by atoms with Gasteiger partial charge in [-0.2, -0.15) is 0 Å². The molecule has 2 N–H and O–H groups in total. The summed E-state index contributed by atoms with van der Waals surface area (Å²) < 4.78 is 15.4. The lowest BCUT2D eigenvalue weighted by Gasteiger charge is -2.10. The van der Waals surface area contributed by atoms with E-state index in [1.54, 1.807) is 18.2 Å². The molecule has 0 aromatic heterocycles. The molecule has 116 valence electrons. The van der Waals surface area contributed by atoms with Gasteiger partial charge in [0.2, 0.25) is 0 Å². The van der Waals surface area contributed by atoms with Crippen LogP contribution in [-0.2, 0) is 11.3 Å². The van der Waals surface area contributed by atoms with Gasteiger partial charge in [0.1, 0.15) is 23.7 Å². The number of rotatable bonds is 5. The van der Waals surface area contributed by atoms with Gasteiger partial charge < -0.3 is 24.4 Å². The standard InChI is InChI=1S/C16H16O6/c1-20-11-6-10(7-12(8-11)21-2)9-22-16(19)13-4-3-5-14(17)15(13)18/h3-8,17-18H,9H2,1-2H3. The Morgan fingerprint density at radius 2 is 1.68 bits per heavy atom. The van der Waals surface area contributed by atoms with Crippen molar-refractivity contribution < 1.29 is 29.2 Å². The molecule has 0 heterocycles. The lowest BCUT2D eigenvalue weighted by atomic mass is 10.2. The molecule has 0 unspecified atom stereocenters. The van der Waals surface area contributed by atoms with Crippen molar-refractivity contribution in [1.29, 1.82) is 0 Å². The number of ether oxygens (including phenoxy) is 3. The monoisotopic (exact) mass is 304 g/mol. The highest BCUT2D eigenvalue weighted by Gasteiger charge is 2.15. The van der Waals surface area contributed by atoms with Crippen LogP contribution in [0, 0.1) is 0 Å². The van der Waals surface area contributed by atoms with Crippen LogP contribution in [0.25, 0.3) is 0 Å². The quantitative estimate of drug-likeness (QED) is 0.652. The third-order valence-electron chi connectivity index (χ3n) is 3.02. The summed E-state index contributed by atoms with van der Waals surface area (Å²) in [5, 5.41) is 19.0. The van der Waals surface area contributed by atoms with Crippen LogP contribution in [0.4, 0.5) is 0 Å². The number of hydrogen-bond acceptors (Lipinski definition) is 6. The molecule has 2 rings (SSSR count). The summed E-state index contributed by atoms with van der Waals surface area (Å²) in [6, 6.07) is 9.20. The summed E-state index contributed by atoms with van der Waals surface area (Å²) in [6.07, 6.45) is 0. The SMILES string of the molecule is COc1cc(COC(=O)c2cccc(O)c2O)cc(OC)c1. The van der Waals surface area contributed by atoms with Crippen LogP contribution in [-0.4, -0.2) is 30.4 Å². The summed E-state index contributed by atoms with van der Waals surface area (Å²) in [7, 11) is 3.05. The highest BCUT2D eigenvalue weighted by atomic mass is 16.5. The summed E-state index contributed by atoms with van der Waals surface area (Å²) in [4.78, 5) is 11.9. The number of esters is 1. The molecule has 0 amide bonds. The van der Waals surface area contributed by atoms with Crippen LogP contribution < -0.4 is 9.47 Å². The van der Waals surface area contributed by atoms with Gasteiger partial charge in [-0.05, 0) is 29.8 Å². The van der Waals surface area contributed by atoms with Crippen molar-refractivity contribution in [3.63, 3.8) is 0 Å². The van der Waals surface area contributed by atoms with Crippen LogP contribution in [0.15, 0.2) is 36.4 Å². The number of benzene rings is 2. The molecule has 0 fully saturated rings. The zero-order valence-electron chi connectivity index (χ0n) is 12.2. The number of methoxy groups -OCH3 is 2.